The van der Waals surface area contributed by atoms with Crippen LogP contribution in [0, 0.1) is 17.1 Å². The lowest BCUT2D eigenvalue weighted by molar-refractivity contribution is -0.0337. The topological polar surface area (TPSA) is 75.2 Å². The van der Waals surface area contributed by atoms with E-state index in [1.54, 1.807) is 18.3 Å². The minimum absolute atomic E-state index is 0.0572. The fourth-order valence-electron chi connectivity index (χ4n) is 4.56. The first kappa shape index (κ1) is 27.5. The minimum atomic E-state index is -0.438. The number of aromatic nitrogens is 1. The Bertz CT molecular complexity index is 1480. The monoisotopic (exact) mass is 530 g/mol. The molecule has 1 saturated heterocycles. The van der Waals surface area contributed by atoms with E-state index in [9.17, 15) is 9.65 Å². The predicted octanol–water partition coefficient (Wildman–Crippen LogP) is 7.25. The molecule has 2 N–H and O–H groups in total. The quantitative estimate of drug-likeness (QED) is 0.351. The van der Waals surface area contributed by atoms with Gasteiger partial charge in [-0.05, 0) is 59.9 Å². The number of nitrogens with zero attached hydrogens (tertiary/aromatic N) is 3. The van der Waals surface area contributed by atoms with Crippen LogP contribution in [0.2, 0.25) is 5.02 Å². The van der Waals surface area contributed by atoms with E-state index >= 15 is 0 Å². The van der Waals surface area contributed by atoms with Crippen LogP contribution in [0.4, 0.5) is 15.8 Å². The van der Waals surface area contributed by atoms with Gasteiger partial charge >= 0.3 is 0 Å². The Morgan fingerprint density at radius 2 is 2.03 bits per heavy atom. The van der Waals surface area contributed by atoms with E-state index in [1.807, 2.05) is 42.2 Å². The summed E-state index contributed by atoms with van der Waals surface area (Å²) in [6, 6.07) is 11.3. The zero-order valence-corrected chi connectivity index (χ0v) is 22.8. The average molecular weight is 531 g/mol. The van der Waals surface area contributed by atoms with Crippen LogP contribution in [-0.2, 0) is 11.2 Å². The molecular formula is C31H32ClFN4O. The van der Waals surface area contributed by atoms with Crippen molar-refractivity contribution >= 4 is 39.5 Å². The van der Waals surface area contributed by atoms with Gasteiger partial charge in [0.2, 0.25) is 0 Å². The van der Waals surface area contributed by atoms with Crippen molar-refractivity contribution in [2.45, 2.75) is 39.2 Å². The summed E-state index contributed by atoms with van der Waals surface area (Å²) in [5.74, 6) is -0.438. The number of hydrogen-bond donors (Lipinski definition) is 1. The lowest BCUT2D eigenvalue weighted by Gasteiger charge is -2.38. The Kier molecular flexibility index (Phi) is 8.32. The molecule has 0 radical (unpaired) electrons. The van der Waals surface area contributed by atoms with Gasteiger partial charge in [-0.1, -0.05) is 62.7 Å². The minimum Gasteiger partial charge on any atom is -0.377 e. The summed E-state index contributed by atoms with van der Waals surface area (Å²) in [5.41, 5.74) is 12.4. The first-order valence-corrected chi connectivity index (χ1v) is 13.1. The average Bonchev–Trinajstić information content (AvgIpc) is 3.29. The second-order valence-corrected chi connectivity index (χ2v) is 10.1. The highest BCUT2D eigenvalue weighted by molar-refractivity contribution is 6.31. The molecule has 0 atom stereocenters. The third-order valence-electron chi connectivity index (χ3n) is 6.82. The zero-order valence-electron chi connectivity index (χ0n) is 22.0. The second-order valence-electron chi connectivity index (χ2n) is 9.69. The number of fused-ring (bicyclic) bond motifs is 2. The van der Waals surface area contributed by atoms with Crippen molar-refractivity contribution < 1.29 is 9.13 Å². The van der Waals surface area contributed by atoms with Gasteiger partial charge in [0.1, 0.15) is 11.9 Å². The van der Waals surface area contributed by atoms with Crippen molar-refractivity contribution in [3.8, 4) is 6.07 Å². The molecule has 0 unspecified atom stereocenters. The van der Waals surface area contributed by atoms with Crippen molar-refractivity contribution in [1.29, 1.82) is 5.26 Å². The fraction of sp³-hybridized carbons (Fsp3) is 0.290. The third kappa shape index (κ3) is 5.23. The molecule has 196 valence electrons. The second kappa shape index (κ2) is 11.5. The Balaban J connectivity index is 0.00000107. The van der Waals surface area contributed by atoms with E-state index in [0.717, 1.165) is 44.6 Å². The molecule has 2 aliphatic rings. The van der Waals surface area contributed by atoms with Crippen molar-refractivity contribution in [2.24, 2.45) is 5.73 Å². The van der Waals surface area contributed by atoms with Gasteiger partial charge in [-0.15, -0.1) is 0 Å². The maximum absolute atomic E-state index is 14.1. The van der Waals surface area contributed by atoms with E-state index < -0.39 is 11.4 Å². The summed E-state index contributed by atoms with van der Waals surface area (Å²) in [5, 5.41) is 10.8. The third-order valence-corrected chi connectivity index (χ3v) is 7.11. The number of nitriles is 1. The zero-order chi connectivity index (χ0) is 27.4. The summed E-state index contributed by atoms with van der Waals surface area (Å²) >= 11 is 6.11. The molecular weight excluding hydrogens is 499 g/mol. The molecule has 0 amide bonds. The van der Waals surface area contributed by atoms with Crippen LogP contribution in [0.1, 0.15) is 43.9 Å². The first-order chi connectivity index (χ1) is 18.3. The normalized spacial score (nSPS) is 16.3. The Hall–Kier alpha value is -3.50. The molecule has 2 aromatic carbocycles. The predicted molar refractivity (Wildman–Crippen MR) is 154 cm³/mol. The van der Waals surface area contributed by atoms with Gasteiger partial charge in [-0.3, -0.25) is 4.98 Å². The molecule has 5 nitrogen and oxygen atoms in total. The van der Waals surface area contributed by atoms with E-state index in [4.69, 9.17) is 22.1 Å². The number of halogens is 2. The molecule has 3 aromatic rings. The van der Waals surface area contributed by atoms with Crippen molar-refractivity contribution in [3.05, 3.63) is 94.4 Å². The standard InChI is InChI=1S/C28H24ClFN4O.C3H8/c1-3-18(5-4-17(2)28(32)15-35-16-28)19-6-7-25-22(10-19)27(21(13-31)14-33-25)34-9-8-20-11-24(30)23(29)12-26(20)34;1-3-2/h3-7,10-12,14H,1,8-9,15-16,32H2,2H3;3H2,1-2H3/b17-4+,18-5+;. The number of anilines is 2. The van der Waals surface area contributed by atoms with Crippen LogP contribution in [0.3, 0.4) is 0 Å². The van der Waals surface area contributed by atoms with Gasteiger partial charge in [0.25, 0.3) is 0 Å². The molecule has 5 rings (SSSR count). The van der Waals surface area contributed by atoms with Crippen molar-refractivity contribution in [2.75, 3.05) is 24.7 Å². The van der Waals surface area contributed by atoms with Gasteiger partial charge in [0, 0.05) is 23.8 Å². The van der Waals surface area contributed by atoms with Crippen molar-refractivity contribution in [1.82, 2.24) is 4.98 Å². The molecule has 0 saturated carbocycles. The van der Waals surface area contributed by atoms with Gasteiger partial charge < -0.3 is 15.4 Å². The first-order valence-electron chi connectivity index (χ1n) is 12.7. The molecule has 0 bridgehead atoms. The number of rotatable bonds is 5. The van der Waals surface area contributed by atoms with Crippen LogP contribution >= 0.6 is 11.6 Å². The molecule has 1 fully saturated rings. The van der Waals surface area contributed by atoms with E-state index in [2.05, 4.69) is 31.5 Å². The lowest BCUT2D eigenvalue weighted by atomic mass is 9.89. The van der Waals surface area contributed by atoms with Crippen LogP contribution in [0.25, 0.3) is 16.5 Å². The maximum atomic E-state index is 14.1. The van der Waals surface area contributed by atoms with E-state index in [0.29, 0.717) is 31.7 Å². The highest BCUT2D eigenvalue weighted by Crippen LogP contribution is 2.42. The molecule has 1 aromatic heterocycles. The van der Waals surface area contributed by atoms with E-state index in [1.165, 1.54) is 12.5 Å². The number of ether oxygens (including phenoxy) is 1. The largest absolute Gasteiger partial charge is 0.377 e. The number of allylic oxidation sites excluding steroid dienone is 4. The van der Waals surface area contributed by atoms with Gasteiger partial charge in [-0.2, -0.15) is 5.26 Å². The molecule has 38 heavy (non-hydrogen) atoms. The van der Waals surface area contributed by atoms with Crippen LogP contribution in [0.5, 0.6) is 0 Å². The maximum Gasteiger partial charge on any atom is 0.142 e. The molecule has 7 heteroatoms. The van der Waals surface area contributed by atoms with Crippen LogP contribution < -0.4 is 10.6 Å². The molecule has 0 aliphatic carbocycles. The van der Waals surface area contributed by atoms with E-state index in [-0.39, 0.29) is 5.02 Å². The molecule has 3 heterocycles. The number of pyridine rings is 1. The fourth-order valence-corrected chi connectivity index (χ4v) is 4.72. The summed E-state index contributed by atoms with van der Waals surface area (Å²) in [6.07, 6.45) is 9.27. The van der Waals surface area contributed by atoms with Crippen LogP contribution in [-0.4, -0.2) is 30.3 Å². The number of hydrogen-bond acceptors (Lipinski definition) is 5. The molecule has 2 aliphatic heterocycles. The smallest absolute Gasteiger partial charge is 0.142 e. The summed E-state index contributed by atoms with van der Waals surface area (Å²) in [4.78, 5) is 6.53. The Morgan fingerprint density at radius 3 is 2.66 bits per heavy atom. The van der Waals surface area contributed by atoms with Crippen LogP contribution in [0.15, 0.2) is 66.9 Å². The Morgan fingerprint density at radius 1 is 1.29 bits per heavy atom. The number of benzene rings is 2. The Labute approximate surface area is 228 Å². The highest BCUT2D eigenvalue weighted by Gasteiger charge is 2.35. The van der Waals surface area contributed by atoms with Gasteiger partial charge in [0.05, 0.1) is 40.5 Å². The SMILES string of the molecule is C=C/C(=C\C=C(/C)C1(N)COC1)c1ccc2ncc(C#N)c(N3CCc4cc(F)c(Cl)cc43)c2c1.CCC. The number of nitrogens with two attached hydrogens (primary N) is 1. The highest BCUT2D eigenvalue weighted by atomic mass is 35.5. The summed E-state index contributed by atoms with van der Waals surface area (Å²) in [7, 11) is 0. The summed E-state index contributed by atoms with van der Waals surface area (Å²) in [6.45, 7) is 11.9. The lowest BCUT2D eigenvalue weighted by Crippen LogP contribution is -2.58. The van der Waals surface area contributed by atoms with Crippen molar-refractivity contribution in [3.63, 3.8) is 0 Å². The van der Waals surface area contributed by atoms with Gasteiger partial charge in [-0.25, -0.2) is 4.39 Å². The summed E-state index contributed by atoms with van der Waals surface area (Å²) < 4.78 is 19.3. The van der Waals surface area contributed by atoms with Gasteiger partial charge in [0.15, 0.2) is 0 Å². The molecule has 0 spiro atoms.